The number of H-pyrrole nitrogens is 1. The number of fused-ring (bicyclic) bond motifs is 1. The summed E-state index contributed by atoms with van der Waals surface area (Å²) in [6.07, 6.45) is 6.76. The van der Waals surface area contributed by atoms with Crippen LogP contribution in [0.1, 0.15) is 23.3 Å². The highest BCUT2D eigenvalue weighted by Crippen LogP contribution is 2.35. The van der Waals surface area contributed by atoms with Gasteiger partial charge in [0.1, 0.15) is 5.69 Å². The van der Waals surface area contributed by atoms with E-state index in [1.54, 1.807) is 30.7 Å². The molecule has 8 nitrogen and oxygen atoms in total. The molecular formula is C16H19N5O3. The summed E-state index contributed by atoms with van der Waals surface area (Å²) in [6, 6.07) is 3.92. The molecule has 0 spiro atoms. The van der Waals surface area contributed by atoms with Gasteiger partial charge in [0.25, 0.3) is 5.91 Å². The molecule has 24 heavy (non-hydrogen) atoms. The molecule has 0 bridgehead atoms. The highest BCUT2D eigenvalue weighted by atomic mass is 16.5. The zero-order valence-electron chi connectivity index (χ0n) is 13.2. The fraction of sp³-hybridized carbons (Fsp3) is 0.500. The monoisotopic (exact) mass is 329 g/mol. The summed E-state index contributed by atoms with van der Waals surface area (Å²) in [7, 11) is 0. The minimum atomic E-state index is -0.0150. The SMILES string of the molecule is O=C(c1ccn[nH]1)N1CCO[C@@H]2[C@H](COc3ncccn3)CC[C@H]21. The van der Waals surface area contributed by atoms with Gasteiger partial charge in [0.05, 0.1) is 25.4 Å². The lowest BCUT2D eigenvalue weighted by molar-refractivity contribution is -0.0684. The highest BCUT2D eigenvalue weighted by Gasteiger charge is 2.45. The Morgan fingerprint density at radius 3 is 3.00 bits per heavy atom. The quantitative estimate of drug-likeness (QED) is 0.896. The van der Waals surface area contributed by atoms with Crippen LogP contribution < -0.4 is 4.74 Å². The molecule has 3 atom stereocenters. The van der Waals surface area contributed by atoms with E-state index in [4.69, 9.17) is 9.47 Å². The van der Waals surface area contributed by atoms with E-state index in [2.05, 4.69) is 20.2 Å². The second-order valence-corrected chi connectivity index (χ2v) is 6.05. The van der Waals surface area contributed by atoms with Gasteiger partial charge in [-0.1, -0.05) is 0 Å². The zero-order chi connectivity index (χ0) is 16.4. The van der Waals surface area contributed by atoms with Gasteiger partial charge in [0, 0.05) is 31.1 Å². The Labute approximate surface area is 139 Å². The number of hydrogen-bond acceptors (Lipinski definition) is 6. The minimum Gasteiger partial charge on any atom is -0.463 e. The Kier molecular flexibility index (Phi) is 4.12. The van der Waals surface area contributed by atoms with E-state index in [9.17, 15) is 4.79 Å². The lowest BCUT2D eigenvalue weighted by Gasteiger charge is -2.39. The second-order valence-electron chi connectivity index (χ2n) is 6.05. The minimum absolute atomic E-state index is 0.00525. The van der Waals surface area contributed by atoms with Gasteiger partial charge < -0.3 is 14.4 Å². The van der Waals surface area contributed by atoms with Crippen molar-refractivity contribution in [1.82, 2.24) is 25.1 Å². The van der Waals surface area contributed by atoms with Crippen molar-refractivity contribution in [3.63, 3.8) is 0 Å². The van der Waals surface area contributed by atoms with Gasteiger partial charge >= 0.3 is 6.01 Å². The largest absolute Gasteiger partial charge is 0.463 e. The van der Waals surface area contributed by atoms with Gasteiger partial charge in [-0.25, -0.2) is 9.97 Å². The number of rotatable bonds is 4. The van der Waals surface area contributed by atoms with Crippen LogP contribution in [0, 0.1) is 5.92 Å². The van der Waals surface area contributed by atoms with E-state index in [1.807, 2.05) is 4.90 Å². The number of carbonyl (C=O) groups is 1. The number of aromatic nitrogens is 4. The Bertz CT molecular complexity index is 678. The smallest absolute Gasteiger partial charge is 0.316 e. The fourth-order valence-electron chi connectivity index (χ4n) is 3.56. The maximum atomic E-state index is 12.6. The standard InChI is InChI=1S/C16H19N5O3/c22-15(12-4-7-19-20-12)21-8-9-23-14-11(2-3-13(14)21)10-24-16-17-5-1-6-18-16/h1,4-7,11,13-14H,2-3,8-10H2,(H,19,20)/t11-,13+,14+/m0/s1. The fourth-order valence-corrected chi connectivity index (χ4v) is 3.56. The first-order valence-electron chi connectivity index (χ1n) is 8.14. The third-order valence-corrected chi connectivity index (χ3v) is 4.68. The average Bonchev–Trinajstić information content (AvgIpc) is 3.30. The lowest BCUT2D eigenvalue weighted by Crippen LogP contribution is -2.53. The number of hydrogen-bond donors (Lipinski definition) is 1. The first kappa shape index (κ1) is 15.1. The summed E-state index contributed by atoms with van der Waals surface area (Å²) in [6.45, 7) is 1.64. The molecule has 3 heterocycles. The molecule has 1 aliphatic heterocycles. The predicted molar refractivity (Wildman–Crippen MR) is 83.4 cm³/mol. The lowest BCUT2D eigenvalue weighted by atomic mass is 10.0. The molecule has 0 radical (unpaired) electrons. The topological polar surface area (TPSA) is 93.2 Å². The summed E-state index contributed by atoms with van der Waals surface area (Å²) < 4.78 is 11.6. The number of amides is 1. The Balaban J connectivity index is 1.42. The summed E-state index contributed by atoms with van der Waals surface area (Å²) >= 11 is 0. The van der Waals surface area contributed by atoms with Gasteiger partial charge in [0.15, 0.2) is 0 Å². The second kappa shape index (κ2) is 6.56. The highest BCUT2D eigenvalue weighted by molar-refractivity contribution is 5.92. The van der Waals surface area contributed by atoms with Crippen LogP contribution in [0.15, 0.2) is 30.7 Å². The number of nitrogens with zero attached hydrogens (tertiary/aromatic N) is 4. The molecule has 8 heteroatoms. The van der Waals surface area contributed by atoms with Crippen LogP contribution in [-0.4, -0.2) is 62.9 Å². The molecular weight excluding hydrogens is 310 g/mol. The zero-order valence-corrected chi connectivity index (χ0v) is 13.2. The van der Waals surface area contributed by atoms with Crippen molar-refractivity contribution in [2.24, 2.45) is 5.92 Å². The van der Waals surface area contributed by atoms with Crippen molar-refractivity contribution in [2.75, 3.05) is 19.8 Å². The van der Waals surface area contributed by atoms with Gasteiger partial charge in [0.2, 0.25) is 0 Å². The van der Waals surface area contributed by atoms with Crippen LogP contribution in [-0.2, 0) is 4.74 Å². The van der Waals surface area contributed by atoms with Crippen LogP contribution in [0.3, 0.4) is 0 Å². The molecule has 2 aliphatic rings. The third kappa shape index (κ3) is 2.84. The molecule has 0 unspecified atom stereocenters. The Hall–Kier alpha value is -2.48. The van der Waals surface area contributed by atoms with Crippen LogP contribution in [0.4, 0.5) is 0 Å². The van der Waals surface area contributed by atoms with E-state index < -0.39 is 0 Å². The van der Waals surface area contributed by atoms with Crippen molar-refractivity contribution in [2.45, 2.75) is 25.0 Å². The van der Waals surface area contributed by atoms with Crippen molar-refractivity contribution in [1.29, 1.82) is 0 Å². The molecule has 126 valence electrons. The number of nitrogens with one attached hydrogen (secondary N) is 1. The number of aromatic amines is 1. The molecule has 4 rings (SSSR count). The molecule has 2 aromatic heterocycles. The molecule has 1 amide bonds. The van der Waals surface area contributed by atoms with E-state index in [1.165, 1.54) is 0 Å². The van der Waals surface area contributed by atoms with Crippen LogP contribution in [0.25, 0.3) is 0 Å². The molecule has 2 fully saturated rings. The molecule has 1 aliphatic carbocycles. The van der Waals surface area contributed by atoms with Gasteiger partial charge in [-0.2, -0.15) is 5.10 Å². The molecule has 0 aromatic carbocycles. The molecule has 1 saturated heterocycles. The summed E-state index contributed by atoms with van der Waals surface area (Å²) in [4.78, 5) is 22.7. The van der Waals surface area contributed by atoms with Crippen LogP contribution in [0.2, 0.25) is 0 Å². The van der Waals surface area contributed by atoms with Gasteiger partial charge in [-0.05, 0) is 25.0 Å². The summed E-state index contributed by atoms with van der Waals surface area (Å²) in [5, 5.41) is 6.61. The van der Waals surface area contributed by atoms with Crippen LogP contribution in [0.5, 0.6) is 6.01 Å². The normalized spacial score (nSPS) is 26.2. The van der Waals surface area contributed by atoms with E-state index >= 15 is 0 Å². The maximum Gasteiger partial charge on any atom is 0.316 e. The van der Waals surface area contributed by atoms with Crippen molar-refractivity contribution < 1.29 is 14.3 Å². The predicted octanol–water partition coefficient (Wildman–Crippen LogP) is 0.898. The van der Waals surface area contributed by atoms with Gasteiger partial charge in [-0.15, -0.1) is 0 Å². The van der Waals surface area contributed by atoms with E-state index in [0.717, 1.165) is 12.8 Å². The van der Waals surface area contributed by atoms with Crippen molar-refractivity contribution >= 4 is 5.91 Å². The number of carbonyl (C=O) groups excluding carboxylic acids is 1. The van der Waals surface area contributed by atoms with Crippen LogP contribution >= 0.6 is 0 Å². The van der Waals surface area contributed by atoms with Crippen molar-refractivity contribution in [3.8, 4) is 6.01 Å². The molecule has 2 aromatic rings. The van der Waals surface area contributed by atoms with Crippen molar-refractivity contribution in [3.05, 3.63) is 36.4 Å². The van der Waals surface area contributed by atoms with Gasteiger partial charge in [-0.3, -0.25) is 9.89 Å². The first-order chi connectivity index (χ1) is 11.8. The Morgan fingerprint density at radius 2 is 2.21 bits per heavy atom. The number of ether oxygens (including phenoxy) is 2. The maximum absolute atomic E-state index is 12.6. The van der Waals surface area contributed by atoms with E-state index in [-0.39, 0.29) is 24.0 Å². The summed E-state index contributed by atoms with van der Waals surface area (Å²) in [5.74, 6) is 0.218. The third-order valence-electron chi connectivity index (χ3n) is 4.68. The van der Waals surface area contributed by atoms with E-state index in [0.29, 0.717) is 31.5 Å². The first-order valence-corrected chi connectivity index (χ1v) is 8.14. The number of morpholine rings is 1. The molecule has 1 saturated carbocycles. The molecule has 1 N–H and O–H groups in total. The summed E-state index contributed by atoms with van der Waals surface area (Å²) in [5.41, 5.74) is 0.521. The Morgan fingerprint density at radius 1 is 1.33 bits per heavy atom. The average molecular weight is 329 g/mol.